The largest absolute Gasteiger partial charge is 0.462 e. The molecule has 8 nitrogen and oxygen atoms in total. The molecule has 0 saturated heterocycles. The van der Waals surface area contributed by atoms with Crippen molar-refractivity contribution in [3.63, 3.8) is 0 Å². The van der Waals surface area contributed by atoms with Crippen LogP contribution in [0.15, 0.2) is 48.9 Å². The molecule has 0 fully saturated rings. The molecule has 0 atom stereocenters. The number of hydrogen-bond donors (Lipinski definition) is 3. The molecule has 0 unspecified atom stereocenters. The summed E-state index contributed by atoms with van der Waals surface area (Å²) in [6.45, 7) is 6.35. The van der Waals surface area contributed by atoms with E-state index < -0.39 is 0 Å². The Kier molecular flexibility index (Phi) is 6.23. The third-order valence-electron chi connectivity index (χ3n) is 3.98. The van der Waals surface area contributed by atoms with Crippen molar-refractivity contribution in [2.45, 2.75) is 20.8 Å². The zero-order chi connectivity index (χ0) is 20.8. The highest BCUT2D eigenvalue weighted by molar-refractivity contribution is 5.90. The highest BCUT2D eigenvalue weighted by Gasteiger charge is 2.11. The van der Waals surface area contributed by atoms with E-state index >= 15 is 0 Å². The molecule has 3 aromatic rings. The van der Waals surface area contributed by atoms with Gasteiger partial charge >= 0.3 is 5.97 Å². The monoisotopic (exact) mass is 392 g/mol. The molecule has 0 aliphatic heterocycles. The summed E-state index contributed by atoms with van der Waals surface area (Å²) in [6.07, 6.45) is 3.12. The molecular formula is C21H24N6O2. The second-order valence-electron chi connectivity index (χ2n) is 7.02. The van der Waals surface area contributed by atoms with Gasteiger partial charge in [0.15, 0.2) is 11.6 Å². The summed E-state index contributed by atoms with van der Waals surface area (Å²) in [5, 5.41) is 6.24. The molecule has 0 aliphatic carbocycles. The molecular weight excluding hydrogens is 368 g/mol. The van der Waals surface area contributed by atoms with Crippen molar-refractivity contribution in [1.82, 2.24) is 15.0 Å². The Balaban J connectivity index is 1.71. The van der Waals surface area contributed by atoms with Crippen molar-refractivity contribution in [2.24, 2.45) is 5.92 Å². The highest BCUT2D eigenvalue weighted by Crippen LogP contribution is 2.27. The Bertz CT molecular complexity index is 989. The van der Waals surface area contributed by atoms with Crippen molar-refractivity contribution < 1.29 is 9.53 Å². The van der Waals surface area contributed by atoms with Crippen LogP contribution in [0, 0.1) is 12.8 Å². The average Bonchev–Trinajstić information content (AvgIpc) is 2.70. The van der Waals surface area contributed by atoms with Gasteiger partial charge < -0.3 is 21.1 Å². The first-order valence-corrected chi connectivity index (χ1v) is 9.26. The zero-order valence-corrected chi connectivity index (χ0v) is 16.6. The summed E-state index contributed by atoms with van der Waals surface area (Å²) >= 11 is 0. The van der Waals surface area contributed by atoms with Crippen molar-refractivity contribution in [3.8, 4) is 0 Å². The zero-order valence-electron chi connectivity index (χ0n) is 16.6. The average molecular weight is 392 g/mol. The number of benzene rings is 1. The van der Waals surface area contributed by atoms with Gasteiger partial charge in [0.25, 0.3) is 0 Å². The Labute approximate surface area is 169 Å². The summed E-state index contributed by atoms with van der Waals surface area (Å²) < 4.78 is 5.23. The van der Waals surface area contributed by atoms with Gasteiger partial charge in [-0.3, -0.25) is 0 Å². The summed E-state index contributed by atoms with van der Waals surface area (Å²) in [7, 11) is 0. The lowest BCUT2D eigenvalue weighted by Crippen LogP contribution is -2.10. The smallest absolute Gasteiger partial charge is 0.338 e. The Morgan fingerprint density at radius 1 is 1.07 bits per heavy atom. The van der Waals surface area contributed by atoms with E-state index in [4.69, 9.17) is 10.5 Å². The predicted octanol–water partition coefficient (Wildman–Crippen LogP) is 4.06. The minimum Gasteiger partial charge on any atom is -0.462 e. The van der Waals surface area contributed by atoms with Crippen LogP contribution < -0.4 is 16.4 Å². The molecule has 0 aliphatic rings. The number of aryl methyl sites for hydroxylation is 1. The maximum absolute atomic E-state index is 12.0. The molecule has 150 valence electrons. The van der Waals surface area contributed by atoms with E-state index in [1.54, 1.807) is 30.5 Å². The SMILES string of the molecule is Cc1ccnc(Nc2ncnc(Nc3ccc(C(=O)OCC(C)C)cc3)c2N)c1. The van der Waals surface area contributed by atoms with E-state index in [0.717, 1.165) is 11.3 Å². The maximum Gasteiger partial charge on any atom is 0.338 e. The third-order valence-corrected chi connectivity index (χ3v) is 3.98. The molecule has 1 aromatic carbocycles. The van der Waals surface area contributed by atoms with Crippen molar-refractivity contribution in [2.75, 3.05) is 23.0 Å². The van der Waals surface area contributed by atoms with Gasteiger partial charge in [0.05, 0.1) is 12.2 Å². The van der Waals surface area contributed by atoms with E-state index in [9.17, 15) is 4.79 Å². The Hall–Kier alpha value is -3.68. The minimum atomic E-state index is -0.344. The molecule has 3 rings (SSSR count). The van der Waals surface area contributed by atoms with Crippen LogP contribution in [0.2, 0.25) is 0 Å². The molecule has 8 heteroatoms. The Morgan fingerprint density at radius 3 is 2.41 bits per heavy atom. The summed E-state index contributed by atoms with van der Waals surface area (Å²) in [4.78, 5) is 24.7. The number of nitrogens with two attached hydrogens (primary N) is 1. The number of hydrogen-bond acceptors (Lipinski definition) is 8. The fourth-order valence-corrected chi connectivity index (χ4v) is 2.47. The van der Waals surface area contributed by atoms with E-state index in [0.29, 0.717) is 41.2 Å². The number of carbonyl (C=O) groups is 1. The van der Waals surface area contributed by atoms with Gasteiger partial charge in [-0.25, -0.2) is 19.7 Å². The van der Waals surface area contributed by atoms with Crippen LogP contribution >= 0.6 is 0 Å². The van der Waals surface area contributed by atoms with Gasteiger partial charge in [-0.15, -0.1) is 0 Å². The summed E-state index contributed by atoms with van der Waals surface area (Å²) in [5.74, 6) is 1.49. The standard InChI is InChI=1S/C21H24N6O2/c1-13(2)11-29-21(28)15-4-6-16(7-5-15)26-19-18(22)20(25-12-24-19)27-17-10-14(3)8-9-23-17/h4-10,12-13H,11,22H2,1-3H3,(H2,23,24,25,26,27). The van der Waals surface area contributed by atoms with E-state index in [2.05, 4.69) is 25.6 Å². The summed E-state index contributed by atoms with van der Waals surface area (Å²) in [5.41, 5.74) is 8.86. The number of pyridine rings is 1. The molecule has 0 radical (unpaired) electrons. The molecule has 4 N–H and O–H groups in total. The number of esters is 1. The number of aromatic nitrogens is 3. The number of anilines is 5. The van der Waals surface area contributed by atoms with Crippen LogP contribution in [0.5, 0.6) is 0 Å². The first kappa shape index (κ1) is 20.1. The number of rotatable bonds is 7. The van der Waals surface area contributed by atoms with Gasteiger partial charge in [0.2, 0.25) is 0 Å². The van der Waals surface area contributed by atoms with Gasteiger partial charge in [-0.1, -0.05) is 13.8 Å². The highest BCUT2D eigenvalue weighted by atomic mass is 16.5. The van der Waals surface area contributed by atoms with Crippen LogP contribution in [0.1, 0.15) is 29.8 Å². The number of nitrogens with zero attached hydrogens (tertiary/aromatic N) is 3. The quantitative estimate of drug-likeness (QED) is 0.516. The fourth-order valence-electron chi connectivity index (χ4n) is 2.47. The summed E-state index contributed by atoms with van der Waals surface area (Å²) in [6, 6.07) is 10.7. The van der Waals surface area contributed by atoms with Crippen LogP contribution in [-0.4, -0.2) is 27.5 Å². The normalized spacial score (nSPS) is 10.6. The predicted molar refractivity (Wildman–Crippen MR) is 114 cm³/mol. The lowest BCUT2D eigenvalue weighted by Gasteiger charge is -2.13. The van der Waals surface area contributed by atoms with Gasteiger partial charge in [0, 0.05) is 11.9 Å². The van der Waals surface area contributed by atoms with Crippen LogP contribution in [-0.2, 0) is 4.74 Å². The Morgan fingerprint density at radius 2 is 1.76 bits per heavy atom. The van der Waals surface area contributed by atoms with Crippen LogP contribution in [0.4, 0.5) is 28.8 Å². The van der Waals surface area contributed by atoms with Gasteiger partial charge in [-0.2, -0.15) is 0 Å². The van der Waals surface area contributed by atoms with Crippen LogP contribution in [0.25, 0.3) is 0 Å². The molecule has 0 bridgehead atoms. The molecule has 0 amide bonds. The number of nitrogens with one attached hydrogen (secondary N) is 2. The van der Waals surface area contributed by atoms with E-state index in [-0.39, 0.29) is 5.97 Å². The molecule has 2 aromatic heterocycles. The minimum absolute atomic E-state index is 0.290. The first-order valence-electron chi connectivity index (χ1n) is 9.26. The lowest BCUT2D eigenvalue weighted by molar-refractivity contribution is 0.0459. The van der Waals surface area contributed by atoms with Gasteiger partial charge in [0.1, 0.15) is 17.8 Å². The van der Waals surface area contributed by atoms with Crippen molar-refractivity contribution in [3.05, 3.63) is 60.0 Å². The third kappa shape index (κ3) is 5.41. The van der Waals surface area contributed by atoms with E-state index in [1.807, 2.05) is 32.9 Å². The topological polar surface area (TPSA) is 115 Å². The molecule has 0 saturated carbocycles. The molecule has 2 heterocycles. The van der Waals surface area contributed by atoms with Crippen molar-refractivity contribution >= 4 is 34.8 Å². The lowest BCUT2D eigenvalue weighted by atomic mass is 10.2. The number of nitrogen functional groups attached to an aromatic ring is 1. The fraction of sp³-hybridized carbons (Fsp3) is 0.238. The van der Waals surface area contributed by atoms with Crippen molar-refractivity contribution in [1.29, 1.82) is 0 Å². The number of ether oxygens (including phenoxy) is 1. The van der Waals surface area contributed by atoms with Crippen LogP contribution in [0.3, 0.4) is 0 Å². The maximum atomic E-state index is 12.0. The molecule has 0 spiro atoms. The second kappa shape index (κ2) is 9.01. The second-order valence-corrected chi connectivity index (χ2v) is 7.02. The number of carbonyl (C=O) groups excluding carboxylic acids is 1. The first-order chi connectivity index (χ1) is 13.9. The van der Waals surface area contributed by atoms with Gasteiger partial charge in [-0.05, 0) is 54.8 Å². The molecule has 29 heavy (non-hydrogen) atoms. The van der Waals surface area contributed by atoms with E-state index in [1.165, 1.54) is 6.33 Å².